The van der Waals surface area contributed by atoms with Crippen LogP contribution in [0.2, 0.25) is 0 Å². The molecule has 32 heavy (non-hydrogen) atoms. The minimum absolute atomic E-state index is 0.102. The largest absolute Gasteiger partial charge is 0.278 e. The van der Waals surface area contributed by atoms with E-state index in [1.54, 1.807) is 19.1 Å². The molecule has 3 aliphatic rings. The number of carbonyl (C=O) groups excluding carboxylic acids is 2. The Morgan fingerprint density at radius 2 is 1.62 bits per heavy atom. The number of rotatable bonds is 4. The highest BCUT2D eigenvalue weighted by Gasteiger charge is 2.48. The molecule has 2 atom stereocenters. The minimum atomic E-state index is -3.77. The minimum Gasteiger partial charge on any atom is -0.278 e. The fourth-order valence-electron chi connectivity index (χ4n) is 5.46. The predicted octanol–water partition coefficient (Wildman–Crippen LogP) is 3.81. The Bertz CT molecular complexity index is 1170. The van der Waals surface area contributed by atoms with Crippen LogP contribution < -0.4 is 4.31 Å². The monoisotopic (exact) mass is 452 g/mol. The van der Waals surface area contributed by atoms with Gasteiger partial charge in [0.2, 0.25) is 11.8 Å². The van der Waals surface area contributed by atoms with E-state index in [0.717, 1.165) is 49.8 Å². The third kappa shape index (κ3) is 3.43. The van der Waals surface area contributed by atoms with Gasteiger partial charge in [0.15, 0.2) is 0 Å². The van der Waals surface area contributed by atoms with E-state index in [2.05, 4.69) is 0 Å². The van der Waals surface area contributed by atoms with Gasteiger partial charge < -0.3 is 0 Å². The molecule has 6 nitrogen and oxygen atoms in total. The van der Waals surface area contributed by atoms with Crippen molar-refractivity contribution in [3.05, 3.63) is 59.2 Å². The van der Waals surface area contributed by atoms with Crippen molar-refractivity contribution in [2.45, 2.75) is 56.9 Å². The molecule has 2 amide bonds. The molecule has 0 aromatic heterocycles. The van der Waals surface area contributed by atoms with Crippen LogP contribution in [0, 0.1) is 18.8 Å². The number of aryl methyl sites for hydroxylation is 2. The molecule has 2 heterocycles. The summed E-state index contributed by atoms with van der Waals surface area (Å²) in [6, 6.07) is 12.9. The number of hydrogen-bond donors (Lipinski definition) is 0. The van der Waals surface area contributed by atoms with E-state index >= 15 is 0 Å². The number of hydrogen-bond acceptors (Lipinski definition) is 4. The van der Waals surface area contributed by atoms with E-state index in [1.165, 1.54) is 9.21 Å². The number of imide groups is 1. The van der Waals surface area contributed by atoms with Gasteiger partial charge in [0.25, 0.3) is 10.0 Å². The summed E-state index contributed by atoms with van der Waals surface area (Å²) in [5, 5.41) is 0. The molecule has 7 heteroatoms. The maximum Gasteiger partial charge on any atom is 0.264 e. The van der Waals surface area contributed by atoms with E-state index in [9.17, 15) is 18.0 Å². The smallest absolute Gasteiger partial charge is 0.264 e. The Balaban J connectivity index is 1.46. The lowest BCUT2D eigenvalue weighted by molar-refractivity contribution is -0.140. The van der Waals surface area contributed by atoms with Crippen molar-refractivity contribution in [1.29, 1.82) is 0 Å². The highest BCUT2D eigenvalue weighted by Crippen LogP contribution is 2.39. The topological polar surface area (TPSA) is 74.8 Å². The van der Waals surface area contributed by atoms with Gasteiger partial charge in [-0.25, -0.2) is 8.42 Å². The second-order valence-corrected chi connectivity index (χ2v) is 11.0. The number of carbonyl (C=O) groups is 2. The zero-order valence-electron chi connectivity index (χ0n) is 18.3. The Labute approximate surface area is 189 Å². The molecule has 2 aliphatic heterocycles. The Morgan fingerprint density at radius 3 is 2.34 bits per heavy atom. The first-order valence-electron chi connectivity index (χ1n) is 11.4. The van der Waals surface area contributed by atoms with Crippen LogP contribution in [0.15, 0.2) is 47.4 Å². The van der Waals surface area contributed by atoms with Crippen LogP contribution in [-0.4, -0.2) is 31.7 Å². The lowest BCUT2D eigenvalue weighted by Crippen LogP contribution is -2.36. The molecule has 0 N–H and O–H groups in total. The van der Waals surface area contributed by atoms with Gasteiger partial charge in [-0.15, -0.1) is 0 Å². The molecule has 0 radical (unpaired) electrons. The van der Waals surface area contributed by atoms with E-state index in [0.29, 0.717) is 17.7 Å². The van der Waals surface area contributed by atoms with Gasteiger partial charge >= 0.3 is 0 Å². The summed E-state index contributed by atoms with van der Waals surface area (Å²) >= 11 is 0. The molecule has 1 saturated carbocycles. The van der Waals surface area contributed by atoms with Crippen LogP contribution in [-0.2, 0) is 32.6 Å². The third-order valence-electron chi connectivity index (χ3n) is 7.16. The van der Waals surface area contributed by atoms with E-state index in [-0.39, 0.29) is 35.1 Å². The summed E-state index contributed by atoms with van der Waals surface area (Å²) in [6.07, 6.45) is 5.15. The molecule has 2 fully saturated rings. The lowest BCUT2D eigenvalue weighted by atomic mass is 9.81. The Kier molecular flexibility index (Phi) is 5.32. The average Bonchev–Trinajstić information content (AvgIpc) is 3.04. The number of benzene rings is 2. The molecule has 2 aromatic carbocycles. The average molecular weight is 453 g/mol. The maximum absolute atomic E-state index is 13.7. The molecule has 168 valence electrons. The van der Waals surface area contributed by atoms with Gasteiger partial charge in [-0.3, -0.25) is 18.8 Å². The first-order chi connectivity index (χ1) is 15.4. The number of likely N-dealkylation sites (tertiary alicyclic amines) is 1. The molecule has 0 bridgehead atoms. The van der Waals surface area contributed by atoms with Crippen LogP contribution in [0.1, 0.15) is 48.8 Å². The summed E-state index contributed by atoms with van der Waals surface area (Å²) < 4.78 is 28.8. The quantitative estimate of drug-likeness (QED) is 0.661. The fraction of sp³-hybridized carbons (Fsp3) is 0.440. The van der Waals surface area contributed by atoms with Gasteiger partial charge in [-0.1, -0.05) is 43.2 Å². The van der Waals surface area contributed by atoms with Crippen molar-refractivity contribution >= 4 is 27.5 Å². The fourth-order valence-corrected chi connectivity index (χ4v) is 7.28. The standard InChI is InChI=1S/C25H28N2O4S/c1-17-12-13-18(16-26-24(28)20-9-3-4-10-21(20)25(26)29)15-23(17)32(30,31)27-14-6-8-19-7-2-5-11-22(19)27/h2,5,7,11-13,15,20-21H,3-4,6,8-10,14,16H2,1H3/t20-,21-/m1/s1. The first kappa shape index (κ1) is 21.2. The molecule has 1 saturated heterocycles. The molecule has 2 aromatic rings. The zero-order valence-corrected chi connectivity index (χ0v) is 19.1. The summed E-state index contributed by atoms with van der Waals surface area (Å²) in [5.74, 6) is -0.603. The van der Waals surface area contributed by atoms with Crippen LogP contribution in [0.5, 0.6) is 0 Å². The van der Waals surface area contributed by atoms with Crippen molar-refractivity contribution in [1.82, 2.24) is 4.90 Å². The SMILES string of the molecule is Cc1ccc(CN2C(=O)[C@@H]3CCCC[C@H]3C2=O)cc1S(=O)(=O)N1CCCc2ccccc21. The molecule has 1 aliphatic carbocycles. The van der Waals surface area contributed by atoms with Crippen LogP contribution in [0.25, 0.3) is 0 Å². The van der Waals surface area contributed by atoms with Crippen LogP contribution in [0.3, 0.4) is 0 Å². The summed E-state index contributed by atoms with van der Waals surface area (Å²) in [4.78, 5) is 27.3. The van der Waals surface area contributed by atoms with Crippen molar-refractivity contribution in [2.75, 3.05) is 10.8 Å². The zero-order chi connectivity index (χ0) is 22.5. The molecular weight excluding hydrogens is 424 g/mol. The number of nitrogens with zero attached hydrogens (tertiary/aromatic N) is 2. The number of sulfonamides is 1. The number of anilines is 1. The summed E-state index contributed by atoms with van der Waals surface area (Å²) in [7, 11) is -3.77. The molecule has 5 rings (SSSR count). The third-order valence-corrected chi connectivity index (χ3v) is 9.12. The van der Waals surface area contributed by atoms with Gasteiger partial charge in [-0.05, 0) is 61.4 Å². The highest BCUT2D eigenvalue weighted by molar-refractivity contribution is 7.92. The highest BCUT2D eigenvalue weighted by atomic mass is 32.2. The van der Waals surface area contributed by atoms with Gasteiger partial charge in [-0.2, -0.15) is 0 Å². The van der Waals surface area contributed by atoms with Crippen molar-refractivity contribution in [3.63, 3.8) is 0 Å². The predicted molar refractivity (Wildman–Crippen MR) is 121 cm³/mol. The first-order valence-corrected chi connectivity index (χ1v) is 12.9. The molecular formula is C25H28N2O4S. The summed E-state index contributed by atoms with van der Waals surface area (Å²) in [6.45, 7) is 2.35. The molecule has 0 spiro atoms. The number of fused-ring (bicyclic) bond motifs is 2. The summed E-state index contributed by atoms with van der Waals surface area (Å²) in [5.41, 5.74) is 3.09. The number of amides is 2. The van der Waals surface area contributed by atoms with E-state index < -0.39 is 10.0 Å². The second kappa shape index (κ2) is 8.03. The molecule has 0 unspecified atom stereocenters. The Morgan fingerprint density at radius 1 is 0.938 bits per heavy atom. The van der Waals surface area contributed by atoms with Crippen molar-refractivity contribution < 1.29 is 18.0 Å². The van der Waals surface area contributed by atoms with Crippen molar-refractivity contribution in [3.8, 4) is 0 Å². The van der Waals surface area contributed by atoms with Gasteiger partial charge in [0.05, 0.1) is 29.0 Å². The lowest BCUT2D eigenvalue weighted by Gasteiger charge is -2.31. The normalized spacial score (nSPS) is 23.3. The van der Waals surface area contributed by atoms with E-state index in [4.69, 9.17) is 0 Å². The van der Waals surface area contributed by atoms with E-state index in [1.807, 2.05) is 30.3 Å². The van der Waals surface area contributed by atoms with Crippen molar-refractivity contribution in [2.24, 2.45) is 11.8 Å². The van der Waals surface area contributed by atoms with Crippen LogP contribution >= 0.6 is 0 Å². The Hall–Kier alpha value is -2.67. The van der Waals surface area contributed by atoms with Crippen LogP contribution in [0.4, 0.5) is 5.69 Å². The second-order valence-electron chi connectivity index (χ2n) is 9.17. The number of para-hydroxylation sites is 1. The maximum atomic E-state index is 13.7. The van der Waals surface area contributed by atoms with Gasteiger partial charge in [0.1, 0.15) is 0 Å². The van der Waals surface area contributed by atoms with Gasteiger partial charge in [0, 0.05) is 6.54 Å².